The Bertz CT molecular complexity index is 607. The summed E-state index contributed by atoms with van der Waals surface area (Å²) < 4.78 is 29.2. The summed E-state index contributed by atoms with van der Waals surface area (Å²) in [5, 5.41) is 0. The van der Waals surface area contributed by atoms with Gasteiger partial charge in [0.2, 0.25) is 0 Å². The van der Waals surface area contributed by atoms with Crippen LogP contribution in [0.1, 0.15) is 12.5 Å². The van der Waals surface area contributed by atoms with E-state index in [2.05, 4.69) is 4.98 Å². The van der Waals surface area contributed by atoms with Gasteiger partial charge in [-0.2, -0.15) is 0 Å². The highest BCUT2D eigenvalue weighted by Crippen LogP contribution is 2.34. The molecule has 0 aliphatic heterocycles. The predicted molar refractivity (Wildman–Crippen MR) is 68.5 cm³/mol. The van der Waals surface area contributed by atoms with E-state index >= 15 is 0 Å². The molecule has 0 bridgehead atoms. The number of rotatable bonds is 7. The van der Waals surface area contributed by atoms with Gasteiger partial charge in [-0.25, -0.2) is 9.18 Å². The number of aryl methyl sites for hydroxylation is 1. The Balaban J connectivity index is 2.87. The molecule has 20 heavy (non-hydrogen) atoms. The van der Waals surface area contributed by atoms with E-state index in [4.69, 9.17) is 14.5 Å². The zero-order valence-corrected chi connectivity index (χ0v) is 11.7. The van der Waals surface area contributed by atoms with E-state index in [9.17, 15) is 18.5 Å². The van der Waals surface area contributed by atoms with Crippen molar-refractivity contribution in [1.82, 2.24) is 9.55 Å². The average molecular weight is 310 g/mol. The number of hydrogen-bond acceptors (Lipinski definition) is 4. The van der Waals surface area contributed by atoms with E-state index in [0.29, 0.717) is 12.0 Å². The van der Waals surface area contributed by atoms with Gasteiger partial charge in [-0.3, -0.25) is 18.9 Å². The molecule has 1 heterocycles. The van der Waals surface area contributed by atoms with Gasteiger partial charge in [0.25, 0.3) is 5.56 Å². The molecule has 0 radical (unpaired) electrons. The maximum Gasteiger partial charge on any atom is 0.350 e. The second-order valence-corrected chi connectivity index (χ2v) is 5.74. The Morgan fingerprint density at radius 2 is 2.15 bits per heavy atom. The molecule has 0 saturated heterocycles. The van der Waals surface area contributed by atoms with Crippen LogP contribution in [0, 0.1) is 0 Å². The van der Waals surface area contributed by atoms with Crippen molar-refractivity contribution in [2.24, 2.45) is 0 Å². The Labute approximate surface area is 113 Å². The lowest BCUT2D eigenvalue weighted by Crippen LogP contribution is -2.35. The third kappa shape index (κ3) is 5.01. The molecule has 114 valence electrons. The molecule has 0 spiro atoms. The number of alkyl halides is 1. The number of nitrogens with one attached hydrogen (secondary N) is 1. The fraction of sp³-hybridized carbons (Fsp3) is 0.600. The van der Waals surface area contributed by atoms with Gasteiger partial charge in [-0.1, -0.05) is 6.92 Å². The second-order valence-electron chi connectivity index (χ2n) is 4.16. The standard InChI is InChI=1S/C10H16FN2O6P/c1-2-7-4-13(10(15)12-9(7)14)5-8(3-11)19-6-20(16,17)18/h4,8H,2-3,5-6H2,1H3,(H,12,14,15)(H2,16,17,18)/t8-/m1/s1. The number of aromatic nitrogens is 2. The number of halogens is 1. The van der Waals surface area contributed by atoms with E-state index in [1.54, 1.807) is 6.92 Å². The van der Waals surface area contributed by atoms with Gasteiger partial charge in [0, 0.05) is 11.8 Å². The van der Waals surface area contributed by atoms with Crippen LogP contribution in [-0.2, 0) is 22.3 Å². The van der Waals surface area contributed by atoms with Gasteiger partial charge in [-0.05, 0) is 6.42 Å². The first kappa shape index (κ1) is 16.8. The van der Waals surface area contributed by atoms with Crippen LogP contribution >= 0.6 is 7.60 Å². The fourth-order valence-corrected chi connectivity index (χ4v) is 1.91. The van der Waals surface area contributed by atoms with Crippen molar-refractivity contribution in [2.75, 3.05) is 13.0 Å². The van der Waals surface area contributed by atoms with E-state index < -0.39 is 38.0 Å². The Morgan fingerprint density at radius 1 is 1.50 bits per heavy atom. The molecule has 3 N–H and O–H groups in total. The molecule has 1 aromatic rings. The largest absolute Gasteiger partial charge is 0.361 e. The summed E-state index contributed by atoms with van der Waals surface area (Å²) in [6, 6.07) is 0. The number of H-pyrrole nitrogens is 1. The molecule has 8 nitrogen and oxygen atoms in total. The van der Waals surface area contributed by atoms with Crippen LogP contribution in [0.5, 0.6) is 0 Å². The smallest absolute Gasteiger partial charge is 0.350 e. The third-order valence-corrected chi connectivity index (χ3v) is 3.00. The van der Waals surface area contributed by atoms with Crippen molar-refractivity contribution in [2.45, 2.75) is 26.0 Å². The lowest BCUT2D eigenvalue weighted by atomic mass is 10.2. The molecule has 0 fully saturated rings. The molecule has 10 heteroatoms. The summed E-state index contributed by atoms with van der Waals surface area (Å²) in [7, 11) is -4.41. The van der Waals surface area contributed by atoms with Gasteiger partial charge < -0.3 is 14.5 Å². The highest BCUT2D eigenvalue weighted by Gasteiger charge is 2.19. The fourth-order valence-electron chi connectivity index (χ4n) is 1.51. The maximum atomic E-state index is 12.7. The minimum Gasteiger partial charge on any atom is -0.361 e. The first-order valence-corrected chi connectivity index (χ1v) is 7.61. The predicted octanol–water partition coefficient (Wildman–Crippen LogP) is -0.411. The first-order valence-electron chi connectivity index (χ1n) is 5.81. The highest BCUT2D eigenvalue weighted by atomic mass is 31.2. The molecule has 1 rings (SSSR count). The molecular weight excluding hydrogens is 294 g/mol. The lowest BCUT2D eigenvalue weighted by Gasteiger charge is -2.16. The Kier molecular flexibility index (Phi) is 5.82. The Morgan fingerprint density at radius 3 is 2.65 bits per heavy atom. The van der Waals surface area contributed by atoms with E-state index in [-0.39, 0.29) is 6.54 Å². The molecule has 0 unspecified atom stereocenters. The van der Waals surface area contributed by atoms with Crippen molar-refractivity contribution < 1.29 is 23.5 Å². The van der Waals surface area contributed by atoms with Crippen molar-refractivity contribution in [3.8, 4) is 0 Å². The monoisotopic (exact) mass is 310 g/mol. The molecule has 1 aromatic heterocycles. The van der Waals surface area contributed by atoms with Gasteiger partial charge in [0.15, 0.2) is 0 Å². The summed E-state index contributed by atoms with van der Waals surface area (Å²) in [6.45, 7) is 0.447. The zero-order chi connectivity index (χ0) is 15.3. The van der Waals surface area contributed by atoms with Crippen LogP contribution < -0.4 is 11.2 Å². The first-order chi connectivity index (χ1) is 9.26. The summed E-state index contributed by atoms with van der Waals surface area (Å²) in [4.78, 5) is 42.3. The quantitative estimate of drug-likeness (QED) is 0.589. The van der Waals surface area contributed by atoms with Gasteiger partial charge in [0.1, 0.15) is 19.1 Å². The third-order valence-electron chi connectivity index (χ3n) is 2.52. The van der Waals surface area contributed by atoms with Crippen molar-refractivity contribution >= 4 is 7.60 Å². The average Bonchev–Trinajstić information content (AvgIpc) is 2.35. The van der Waals surface area contributed by atoms with Gasteiger partial charge in [0.05, 0.1) is 6.54 Å². The van der Waals surface area contributed by atoms with Crippen LogP contribution in [0.4, 0.5) is 4.39 Å². The highest BCUT2D eigenvalue weighted by molar-refractivity contribution is 7.51. The minimum absolute atomic E-state index is 0.251. The van der Waals surface area contributed by atoms with Crippen LogP contribution in [0.25, 0.3) is 0 Å². The second kappa shape index (κ2) is 6.94. The SMILES string of the molecule is CCc1cn(C[C@@H](CF)OCP(=O)(O)O)c(=O)[nH]c1=O. The van der Waals surface area contributed by atoms with E-state index in [1.807, 2.05) is 0 Å². The van der Waals surface area contributed by atoms with E-state index in [0.717, 1.165) is 4.57 Å². The van der Waals surface area contributed by atoms with Crippen LogP contribution in [0.15, 0.2) is 15.8 Å². The van der Waals surface area contributed by atoms with Crippen LogP contribution in [-0.4, -0.2) is 38.5 Å². The molecule has 0 aliphatic rings. The summed E-state index contributed by atoms with van der Waals surface area (Å²) in [6.07, 6.45) is -0.444. The van der Waals surface area contributed by atoms with Crippen LogP contribution in [0.3, 0.4) is 0 Å². The van der Waals surface area contributed by atoms with Crippen molar-refractivity contribution in [3.05, 3.63) is 32.6 Å². The summed E-state index contributed by atoms with van der Waals surface area (Å²) in [5.41, 5.74) is -0.899. The normalized spacial score (nSPS) is 13.4. The minimum atomic E-state index is -4.41. The van der Waals surface area contributed by atoms with Gasteiger partial charge >= 0.3 is 13.3 Å². The number of aromatic amines is 1. The molecule has 0 amide bonds. The number of hydrogen-bond donors (Lipinski definition) is 3. The summed E-state index contributed by atoms with van der Waals surface area (Å²) in [5.74, 6) is 0. The number of ether oxygens (including phenoxy) is 1. The topological polar surface area (TPSA) is 122 Å². The molecule has 0 saturated carbocycles. The van der Waals surface area contributed by atoms with Crippen molar-refractivity contribution in [1.29, 1.82) is 0 Å². The Hall–Kier alpha value is -1.28. The molecule has 1 atom stereocenters. The molecule has 0 aromatic carbocycles. The van der Waals surface area contributed by atoms with Crippen LogP contribution in [0.2, 0.25) is 0 Å². The van der Waals surface area contributed by atoms with Gasteiger partial charge in [-0.15, -0.1) is 0 Å². The van der Waals surface area contributed by atoms with Crippen molar-refractivity contribution in [3.63, 3.8) is 0 Å². The molecule has 0 aliphatic carbocycles. The zero-order valence-electron chi connectivity index (χ0n) is 10.8. The lowest BCUT2D eigenvalue weighted by molar-refractivity contribution is 0.0429. The van der Waals surface area contributed by atoms with E-state index in [1.165, 1.54) is 6.20 Å². The molecular formula is C10H16FN2O6P. The maximum absolute atomic E-state index is 12.7. The number of nitrogens with zero attached hydrogens (tertiary/aromatic N) is 1. The summed E-state index contributed by atoms with van der Waals surface area (Å²) >= 11 is 0.